The average Bonchev–Trinajstić information content (AvgIpc) is 2.54. The van der Waals surface area contributed by atoms with Crippen molar-refractivity contribution in [1.82, 2.24) is 10.6 Å². The van der Waals surface area contributed by atoms with E-state index in [1.807, 2.05) is 0 Å². The van der Waals surface area contributed by atoms with Crippen LogP contribution in [-0.4, -0.2) is 56.9 Å². The zero-order valence-electron chi connectivity index (χ0n) is 14.7. The van der Waals surface area contributed by atoms with E-state index in [1.165, 1.54) is 12.8 Å². The number of carboxylic acid groups (broad SMARTS) is 1. The normalized spacial score (nSPS) is 10.2. The molecule has 140 valence electrons. The van der Waals surface area contributed by atoms with Crippen LogP contribution in [0.15, 0.2) is 0 Å². The minimum Gasteiger partial charge on any atom is -0.481 e. The lowest BCUT2D eigenvalue weighted by atomic mass is 10.2. The molecule has 0 aromatic heterocycles. The van der Waals surface area contributed by atoms with E-state index >= 15 is 0 Å². The van der Waals surface area contributed by atoms with Gasteiger partial charge in [-0.3, -0.25) is 4.79 Å². The molecule has 0 unspecified atom stereocenters. The Hall–Kier alpha value is -0.730. The van der Waals surface area contributed by atoms with Gasteiger partial charge in [0.2, 0.25) is 0 Å². The molecule has 0 fully saturated rings. The van der Waals surface area contributed by atoms with E-state index in [1.54, 1.807) is 0 Å². The van der Waals surface area contributed by atoms with E-state index in [2.05, 4.69) is 10.6 Å². The molecule has 23 heavy (non-hydrogen) atoms. The summed E-state index contributed by atoms with van der Waals surface area (Å²) in [5, 5.41) is 14.9. The van der Waals surface area contributed by atoms with Crippen LogP contribution in [0.3, 0.4) is 0 Å². The number of nitrogens with one attached hydrogen (secondary N) is 2. The predicted molar refractivity (Wildman–Crippen MR) is 97.5 cm³/mol. The molecule has 0 aromatic rings. The summed E-state index contributed by atoms with van der Waals surface area (Å²) in [5.74, 6) is -0.716. The monoisotopic (exact) mass is 333 g/mol. The van der Waals surface area contributed by atoms with Crippen molar-refractivity contribution < 1.29 is 9.90 Å². The van der Waals surface area contributed by atoms with Crippen molar-refractivity contribution in [2.75, 3.05) is 45.8 Å². The fourth-order valence-corrected chi connectivity index (χ4v) is 1.80. The number of aliphatic carboxylic acids is 1. The van der Waals surface area contributed by atoms with Crippen LogP contribution >= 0.6 is 0 Å². The van der Waals surface area contributed by atoms with Crippen molar-refractivity contribution in [1.29, 1.82) is 0 Å². The maximum Gasteiger partial charge on any atom is 0.303 e. The average molecular weight is 334 g/mol. The van der Waals surface area contributed by atoms with Gasteiger partial charge in [-0.1, -0.05) is 6.42 Å². The van der Waals surface area contributed by atoms with Crippen LogP contribution in [0.2, 0.25) is 0 Å². The molecule has 0 spiro atoms. The molecule has 7 nitrogen and oxygen atoms in total. The van der Waals surface area contributed by atoms with Crippen molar-refractivity contribution in [3.05, 3.63) is 0 Å². The highest BCUT2D eigenvalue weighted by atomic mass is 16.4. The van der Waals surface area contributed by atoms with Crippen molar-refractivity contribution in [2.24, 2.45) is 17.2 Å². The fraction of sp³-hybridized carbons (Fsp3) is 0.938. The standard InChI is InChI=1S/C10H26N4.C6H13NO2/c11-5-3-9-13-7-1-2-8-14-10-4-6-12;7-5-3-1-2-4-6(8)9/h13-14H,1-12H2;1-5,7H2,(H,8,9). The molecule has 7 heteroatoms. The smallest absolute Gasteiger partial charge is 0.303 e. The molecule has 9 N–H and O–H groups in total. The molecular weight excluding hydrogens is 294 g/mol. The minimum absolute atomic E-state index is 0.278. The third kappa shape index (κ3) is 29.8. The lowest BCUT2D eigenvalue weighted by Gasteiger charge is -2.04. The molecule has 0 saturated heterocycles. The first-order valence-electron chi connectivity index (χ1n) is 8.92. The second kappa shape index (κ2) is 23.5. The van der Waals surface area contributed by atoms with E-state index in [9.17, 15) is 4.79 Å². The molecular formula is C16H39N5O2. The van der Waals surface area contributed by atoms with Crippen LogP contribution in [0.4, 0.5) is 0 Å². The summed E-state index contributed by atoms with van der Waals surface area (Å²) in [5.41, 5.74) is 16.0. The summed E-state index contributed by atoms with van der Waals surface area (Å²) in [6.45, 7) is 6.56. The van der Waals surface area contributed by atoms with Gasteiger partial charge in [0.1, 0.15) is 0 Å². The second-order valence-corrected chi connectivity index (χ2v) is 5.48. The Bertz CT molecular complexity index is 219. The Kier molecular flexibility index (Phi) is 25.1. The molecule has 0 radical (unpaired) electrons. The van der Waals surface area contributed by atoms with Crippen LogP contribution in [-0.2, 0) is 4.79 Å². The van der Waals surface area contributed by atoms with Gasteiger partial charge < -0.3 is 32.9 Å². The fourth-order valence-electron chi connectivity index (χ4n) is 1.80. The highest BCUT2D eigenvalue weighted by Crippen LogP contribution is 1.97. The summed E-state index contributed by atoms with van der Waals surface area (Å²) < 4.78 is 0. The molecule has 0 aliphatic rings. The van der Waals surface area contributed by atoms with Crippen LogP contribution in [0.5, 0.6) is 0 Å². The second-order valence-electron chi connectivity index (χ2n) is 5.48. The third-order valence-electron chi connectivity index (χ3n) is 3.17. The highest BCUT2D eigenvalue weighted by molar-refractivity contribution is 5.66. The first-order chi connectivity index (χ1) is 11.2. The maximum atomic E-state index is 9.93. The molecule has 0 bridgehead atoms. The molecule has 0 aliphatic carbocycles. The Morgan fingerprint density at radius 3 is 1.48 bits per heavy atom. The molecule has 0 heterocycles. The van der Waals surface area contributed by atoms with Gasteiger partial charge in [0.15, 0.2) is 0 Å². The maximum absolute atomic E-state index is 9.93. The van der Waals surface area contributed by atoms with Gasteiger partial charge in [0, 0.05) is 6.42 Å². The van der Waals surface area contributed by atoms with E-state index in [0.717, 1.165) is 71.4 Å². The summed E-state index contributed by atoms with van der Waals surface area (Å²) >= 11 is 0. The molecule has 0 amide bonds. The van der Waals surface area contributed by atoms with Gasteiger partial charge >= 0.3 is 5.97 Å². The summed E-state index contributed by atoms with van der Waals surface area (Å²) in [7, 11) is 0. The molecule has 0 saturated carbocycles. The van der Waals surface area contributed by atoms with Crippen molar-refractivity contribution in [3.8, 4) is 0 Å². The third-order valence-corrected chi connectivity index (χ3v) is 3.17. The number of carbonyl (C=O) groups is 1. The highest BCUT2D eigenvalue weighted by Gasteiger charge is 1.94. The van der Waals surface area contributed by atoms with E-state index in [0.29, 0.717) is 6.54 Å². The summed E-state index contributed by atoms with van der Waals surface area (Å²) in [4.78, 5) is 9.93. The van der Waals surface area contributed by atoms with E-state index in [-0.39, 0.29) is 6.42 Å². The first kappa shape index (κ1) is 24.5. The Labute approximate surface area is 141 Å². The van der Waals surface area contributed by atoms with E-state index in [4.69, 9.17) is 22.3 Å². The quantitative estimate of drug-likeness (QED) is 0.222. The van der Waals surface area contributed by atoms with Crippen molar-refractivity contribution in [2.45, 2.75) is 51.4 Å². The van der Waals surface area contributed by atoms with Gasteiger partial charge in [-0.25, -0.2) is 0 Å². The zero-order chi connectivity index (χ0) is 17.6. The number of nitrogens with two attached hydrogens (primary N) is 3. The summed E-state index contributed by atoms with van der Waals surface area (Å²) in [6.07, 6.45) is 7.53. The zero-order valence-corrected chi connectivity index (χ0v) is 14.7. The number of unbranched alkanes of at least 4 members (excludes halogenated alkanes) is 3. The van der Waals surface area contributed by atoms with Crippen LogP contribution < -0.4 is 27.8 Å². The SMILES string of the molecule is NCCCCCC(=O)O.NCCCNCCCCNCCCN. The van der Waals surface area contributed by atoms with Crippen LogP contribution in [0.1, 0.15) is 51.4 Å². The van der Waals surface area contributed by atoms with E-state index < -0.39 is 5.97 Å². The van der Waals surface area contributed by atoms with Gasteiger partial charge in [-0.2, -0.15) is 0 Å². The van der Waals surface area contributed by atoms with Gasteiger partial charge in [0.25, 0.3) is 0 Å². The van der Waals surface area contributed by atoms with Crippen LogP contribution in [0, 0.1) is 0 Å². The molecule has 0 aromatic carbocycles. The Morgan fingerprint density at radius 1 is 0.652 bits per heavy atom. The number of hydrogen-bond donors (Lipinski definition) is 6. The van der Waals surface area contributed by atoms with Gasteiger partial charge in [-0.15, -0.1) is 0 Å². The number of hydrogen-bond acceptors (Lipinski definition) is 6. The van der Waals surface area contributed by atoms with Crippen LogP contribution in [0.25, 0.3) is 0 Å². The lowest BCUT2D eigenvalue weighted by molar-refractivity contribution is -0.137. The predicted octanol–water partition coefficient (Wildman–Crippen LogP) is 0.234. The minimum atomic E-state index is -0.716. The number of rotatable bonds is 16. The number of carboxylic acids is 1. The summed E-state index contributed by atoms with van der Waals surface area (Å²) in [6, 6.07) is 0. The van der Waals surface area contributed by atoms with Gasteiger partial charge in [0.05, 0.1) is 0 Å². The molecule has 0 atom stereocenters. The topological polar surface area (TPSA) is 139 Å². The van der Waals surface area contributed by atoms with Crippen molar-refractivity contribution in [3.63, 3.8) is 0 Å². The Balaban J connectivity index is 0. The largest absolute Gasteiger partial charge is 0.481 e. The van der Waals surface area contributed by atoms with Gasteiger partial charge in [-0.05, 0) is 84.3 Å². The molecule has 0 aliphatic heterocycles. The lowest BCUT2D eigenvalue weighted by Crippen LogP contribution is -2.22. The van der Waals surface area contributed by atoms with Crippen molar-refractivity contribution >= 4 is 5.97 Å². The Morgan fingerprint density at radius 2 is 1.09 bits per heavy atom. The first-order valence-corrected chi connectivity index (χ1v) is 8.92. The molecule has 0 rings (SSSR count).